The van der Waals surface area contributed by atoms with E-state index in [-0.39, 0.29) is 16.5 Å². The molecule has 0 atom stereocenters. The molecule has 2 aromatic rings. The van der Waals surface area contributed by atoms with E-state index in [1.165, 1.54) is 17.1 Å². The quantitative estimate of drug-likeness (QED) is 0.865. The van der Waals surface area contributed by atoms with E-state index >= 15 is 0 Å². The van der Waals surface area contributed by atoms with E-state index in [9.17, 15) is 8.42 Å². The molecular weight excluding hydrogens is 346 g/mol. The Labute approximate surface area is 125 Å². The molecule has 0 radical (unpaired) electrons. The molecule has 0 aromatic carbocycles. The third-order valence-electron chi connectivity index (χ3n) is 2.65. The van der Waals surface area contributed by atoms with Gasteiger partial charge in [-0.15, -0.1) is 0 Å². The van der Waals surface area contributed by atoms with Gasteiger partial charge < -0.3 is 5.73 Å². The molecule has 0 bridgehead atoms. The van der Waals surface area contributed by atoms with E-state index in [4.69, 9.17) is 5.73 Å². The highest BCUT2D eigenvalue weighted by Gasteiger charge is 2.21. The second-order valence-electron chi connectivity index (χ2n) is 4.16. The lowest BCUT2D eigenvalue weighted by molar-refractivity contribution is 0.600. The van der Waals surface area contributed by atoms with Crippen LogP contribution in [0.25, 0.3) is 0 Å². The van der Waals surface area contributed by atoms with Gasteiger partial charge in [0.15, 0.2) is 5.82 Å². The fraction of sp³-hybridized carbons (Fsp3) is 0.273. The topological polar surface area (TPSA) is 103 Å². The van der Waals surface area contributed by atoms with Crippen LogP contribution < -0.4 is 10.5 Å². The minimum Gasteiger partial charge on any atom is -0.381 e. The van der Waals surface area contributed by atoms with Gasteiger partial charge in [-0.1, -0.05) is 0 Å². The van der Waals surface area contributed by atoms with Crippen molar-refractivity contribution in [2.45, 2.75) is 25.3 Å². The van der Waals surface area contributed by atoms with Gasteiger partial charge in [-0.25, -0.2) is 13.4 Å². The largest absolute Gasteiger partial charge is 0.381 e. The summed E-state index contributed by atoms with van der Waals surface area (Å²) in [7, 11) is -3.80. The van der Waals surface area contributed by atoms with Crippen molar-refractivity contribution >= 4 is 37.6 Å². The number of nitrogens with zero attached hydrogens (tertiary/aromatic N) is 3. The molecule has 3 N–H and O–H groups in total. The van der Waals surface area contributed by atoms with Crippen LogP contribution in [0.3, 0.4) is 0 Å². The number of anilines is 2. The Balaban J connectivity index is 2.35. The average molecular weight is 360 g/mol. The number of sulfonamides is 1. The summed E-state index contributed by atoms with van der Waals surface area (Å²) >= 11 is 3.31. The zero-order valence-corrected chi connectivity index (χ0v) is 13.4. The molecule has 0 fully saturated rings. The van der Waals surface area contributed by atoms with Gasteiger partial charge in [0.2, 0.25) is 0 Å². The Morgan fingerprint density at radius 2 is 2.20 bits per heavy atom. The summed E-state index contributed by atoms with van der Waals surface area (Å²) in [6, 6.07) is 1.63. The van der Waals surface area contributed by atoms with Gasteiger partial charge >= 0.3 is 0 Å². The number of nitrogens with one attached hydrogen (secondary N) is 1. The summed E-state index contributed by atoms with van der Waals surface area (Å²) in [5.41, 5.74) is 6.50. The monoisotopic (exact) mass is 359 g/mol. The Morgan fingerprint density at radius 3 is 2.75 bits per heavy atom. The van der Waals surface area contributed by atoms with Crippen LogP contribution >= 0.6 is 15.9 Å². The van der Waals surface area contributed by atoms with Crippen molar-refractivity contribution in [2.75, 3.05) is 10.5 Å². The summed E-state index contributed by atoms with van der Waals surface area (Å²) in [6.07, 6.45) is 2.93. The SMILES string of the molecule is CCn1cc(S(=O)(=O)Nc2cc(C)c(Br)cn2)c(N)n1. The minimum atomic E-state index is -3.80. The zero-order valence-electron chi connectivity index (χ0n) is 11.0. The van der Waals surface area contributed by atoms with Crippen molar-refractivity contribution in [1.82, 2.24) is 14.8 Å². The van der Waals surface area contributed by atoms with Crippen LogP contribution in [-0.2, 0) is 16.6 Å². The van der Waals surface area contributed by atoms with Gasteiger partial charge in [0.25, 0.3) is 10.0 Å². The van der Waals surface area contributed by atoms with Crippen molar-refractivity contribution in [3.8, 4) is 0 Å². The number of halogens is 1. The molecule has 0 spiro atoms. The number of aryl methyl sites for hydroxylation is 2. The molecule has 0 aliphatic rings. The third kappa shape index (κ3) is 2.93. The van der Waals surface area contributed by atoms with Gasteiger partial charge in [0, 0.05) is 23.4 Å². The molecule has 9 heteroatoms. The van der Waals surface area contributed by atoms with Gasteiger partial charge in [0.05, 0.1) is 0 Å². The van der Waals surface area contributed by atoms with E-state index < -0.39 is 10.0 Å². The van der Waals surface area contributed by atoms with E-state index in [0.717, 1.165) is 10.0 Å². The Kier molecular flexibility index (Phi) is 4.00. The fourth-order valence-corrected chi connectivity index (χ4v) is 2.87. The highest BCUT2D eigenvalue weighted by atomic mass is 79.9. The molecule has 2 heterocycles. The van der Waals surface area contributed by atoms with Gasteiger partial charge in [-0.2, -0.15) is 5.10 Å². The summed E-state index contributed by atoms with van der Waals surface area (Å²) in [5.74, 6) is 0.197. The number of hydrogen-bond donors (Lipinski definition) is 2. The first-order valence-corrected chi connectivity index (χ1v) is 8.09. The smallest absolute Gasteiger partial charge is 0.268 e. The Morgan fingerprint density at radius 1 is 1.50 bits per heavy atom. The lowest BCUT2D eigenvalue weighted by atomic mass is 10.3. The summed E-state index contributed by atoms with van der Waals surface area (Å²) in [4.78, 5) is 3.95. The normalized spacial score (nSPS) is 11.6. The van der Waals surface area contributed by atoms with Gasteiger partial charge in [-0.3, -0.25) is 9.40 Å². The average Bonchev–Trinajstić information content (AvgIpc) is 2.76. The number of nitrogen functional groups attached to an aromatic ring is 1. The van der Waals surface area contributed by atoms with E-state index in [1.807, 2.05) is 13.8 Å². The highest BCUT2D eigenvalue weighted by Crippen LogP contribution is 2.22. The molecule has 0 saturated heterocycles. The number of rotatable bonds is 4. The predicted octanol–water partition coefficient (Wildman–Crippen LogP) is 1.75. The van der Waals surface area contributed by atoms with E-state index in [0.29, 0.717) is 6.54 Å². The first-order valence-electron chi connectivity index (χ1n) is 5.81. The van der Waals surface area contributed by atoms with Crippen molar-refractivity contribution in [3.05, 3.63) is 28.5 Å². The predicted molar refractivity (Wildman–Crippen MR) is 79.8 cm³/mol. The van der Waals surface area contributed by atoms with Crippen LogP contribution in [-0.4, -0.2) is 23.2 Å². The maximum Gasteiger partial charge on any atom is 0.268 e. The molecule has 2 aromatic heterocycles. The number of pyridine rings is 1. The molecular formula is C11H14BrN5O2S. The Hall–Kier alpha value is -1.61. The lowest BCUT2D eigenvalue weighted by Crippen LogP contribution is -2.15. The second kappa shape index (κ2) is 5.41. The molecule has 7 nitrogen and oxygen atoms in total. The minimum absolute atomic E-state index is 0.0341. The summed E-state index contributed by atoms with van der Waals surface area (Å²) in [5, 5.41) is 3.92. The maximum absolute atomic E-state index is 12.3. The van der Waals surface area contributed by atoms with Crippen molar-refractivity contribution in [3.63, 3.8) is 0 Å². The van der Waals surface area contributed by atoms with Crippen LogP contribution in [0, 0.1) is 6.92 Å². The zero-order chi connectivity index (χ0) is 14.9. The van der Waals surface area contributed by atoms with Crippen LogP contribution in [0.5, 0.6) is 0 Å². The van der Waals surface area contributed by atoms with Gasteiger partial charge in [-0.05, 0) is 41.4 Å². The Bertz CT molecular complexity index is 741. The molecule has 0 aliphatic carbocycles. The second-order valence-corrected chi connectivity index (χ2v) is 6.66. The van der Waals surface area contributed by atoms with Gasteiger partial charge in [0.1, 0.15) is 10.7 Å². The molecule has 20 heavy (non-hydrogen) atoms. The first kappa shape index (κ1) is 14.8. The lowest BCUT2D eigenvalue weighted by Gasteiger charge is -2.07. The molecule has 0 unspecified atom stereocenters. The van der Waals surface area contributed by atoms with E-state index in [1.54, 1.807) is 6.07 Å². The molecule has 0 aliphatic heterocycles. The third-order valence-corrected chi connectivity index (χ3v) is 4.86. The standard InChI is InChI=1S/C11H14BrN5O2S/c1-3-17-6-9(11(13)15-17)20(18,19)16-10-4-7(2)8(12)5-14-10/h4-6H,3H2,1-2H3,(H2,13,15)(H,14,16). The van der Waals surface area contributed by atoms with Crippen molar-refractivity contribution < 1.29 is 8.42 Å². The molecule has 0 saturated carbocycles. The first-order chi connectivity index (χ1) is 9.33. The van der Waals surface area contributed by atoms with Crippen LogP contribution in [0.2, 0.25) is 0 Å². The molecule has 2 rings (SSSR count). The van der Waals surface area contributed by atoms with Crippen molar-refractivity contribution in [2.24, 2.45) is 0 Å². The number of hydrogen-bond acceptors (Lipinski definition) is 5. The van der Waals surface area contributed by atoms with E-state index in [2.05, 4.69) is 30.7 Å². The highest BCUT2D eigenvalue weighted by molar-refractivity contribution is 9.10. The summed E-state index contributed by atoms with van der Waals surface area (Å²) in [6.45, 7) is 4.22. The number of nitrogens with two attached hydrogens (primary N) is 1. The molecule has 0 amide bonds. The van der Waals surface area contributed by atoms with Crippen LogP contribution in [0.4, 0.5) is 11.6 Å². The number of aromatic nitrogens is 3. The van der Waals surface area contributed by atoms with Crippen LogP contribution in [0.15, 0.2) is 27.8 Å². The molecule has 108 valence electrons. The summed E-state index contributed by atoms with van der Waals surface area (Å²) < 4.78 is 29.2. The van der Waals surface area contributed by atoms with Crippen LogP contribution in [0.1, 0.15) is 12.5 Å². The maximum atomic E-state index is 12.3. The fourth-order valence-electron chi connectivity index (χ4n) is 1.57. The van der Waals surface area contributed by atoms with Crippen molar-refractivity contribution in [1.29, 1.82) is 0 Å².